The van der Waals surface area contributed by atoms with Crippen molar-refractivity contribution in [3.8, 4) is 0 Å². The Morgan fingerprint density at radius 3 is 2.27 bits per heavy atom. The smallest absolute Gasteiger partial charge is 0.264 e. The second kappa shape index (κ2) is 14.1. The lowest BCUT2D eigenvalue weighted by Gasteiger charge is -2.33. The van der Waals surface area contributed by atoms with Gasteiger partial charge in [0, 0.05) is 17.1 Å². The van der Waals surface area contributed by atoms with Crippen molar-refractivity contribution in [1.29, 1.82) is 0 Å². The third-order valence-corrected chi connectivity index (χ3v) is 10.3. The van der Waals surface area contributed by atoms with Crippen LogP contribution in [0.2, 0.25) is 10.0 Å². The largest absolute Gasteiger partial charge is 0.352 e. The summed E-state index contributed by atoms with van der Waals surface area (Å²) in [6.07, 6.45) is 5.04. The van der Waals surface area contributed by atoms with E-state index in [9.17, 15) is 18.0 Å². The van der Waals surface area contributed by atoms with Crippen molar-refractivity contribution in [3.05, 3.63) is 92.9 Å². The van der Waals surface area contributed by atoms with E-state index in [1.165, 1.54) is 23.1 Å². The molecule has 1 N–H and O–H groups in total. The zero-order chi connectivity index (χ0) is 29.6. The van der Waals surface area contributed by atoms with Crippen molar-refractivity contribution in [2.75, 3.05) is 10.8 Å². The molecule has 0 aliphatic heterocycles. The minimum Gasteiger partial charge on any atom is -0.352 e. The van der Waals surface area contributed by atoms with Gasteiger partial charge in [-0.05, 0) is 61.7 Å². The fourth-order valence-electron chi connectivity index (χ4n) is 4.86. The van der Waals surface area contributed by atoms with Crippen molar-refractivity contribution in [1.82, 2.24) is 10.2 Å². The van der Waals surface area contributed by atoms with Gasteiger partial charge < -0.3 is 10.2 Å². The maximum absolute atomic E-state index is 14.1. The van der Waals surface area contributed by atoms with E-state index in [2.05, 4.69) is 21.2 Å². The number of carbonyl (C=O) groups is 2. The molecule has 1 aliphatic rings. The number of nitrogens with one attached hydrogen (secondary N) is 1. The molecule has 4 rings (SSSR count). The average molecular weight is 681 g/mol. The van der Waals surface area contributed by atoms with Crippen LogP contribution in [0.25, 0.3) is 0 Å². The highest BCUT2D eigenvalue weighted by atomic mass is 79.9. The van der Waals surface area contributed by atoms with Crippen molar-refractivity contribution in [2.24, 2.45) is 0 Å². The van der Waals surface area contributed by atoms with Crippen LogP contribution in [-0.2, 0) is 26.2 Å². The van der Waals surface area contributed by atoms with Crippen LogP contribution in [0.3, 0.4) is 0 Å². The van der Waals surface area contributed by atoms with E-state index in [-0.39, 0.29) is 39.1 Å². The molecule has 0 spiro atoms. The molecule has 0 heterocycles. The van der Waals surface area contributed by atoms with Gasteiger partial charge in [-0.3, -0.25) is 13.9 Å². The van der Waals surface area contributed by atoms with Crippen molar-refractivity contribution in [2.45, 2.75) is 62.6 Å². The summed E-state index contributed by atoms with van der Waals surface area (Å²) in [4.78, 5) is 28.9. The number of anilines is 1. The van der Waals surface area contributed by atoms with Gasteiger partial charge in [0.05, 0.1) is 20.6 Å². The Kier molecular flexibility index (Phi) is 10.7. The Balaban J connectivity index is 1.69. The fraction of sp³-hybridized carbons (Fsp3) is 0.333. The summed E-state index contributed by atoms with van der Waals surface area (Å²) in [5.74, 6) is -0.838. The van der Waals surface area contributed by atoms with E-state index in [1.54, 1.807) is 37.3 Å². The third-order valence-electron chi connectivity index (χ3n) is 7.20. The number of nitrogens with zero attached hydrogens (tertiary/aromatic N) is 2. The maximum Gasteiger partial charge on any atom is 0.264 e. The van der Waals surface area contributed by atoms with Crippen molar-refractivity contribution >= 4 is 66.7 Å². The predicted molar refractivity (Wildman–Crippen MR) is 167 cm³/mol. The Labute approximate surface area is 260 Å². The van der Waals surface area contributed by atoms with Crippen molar-refractivity contribution < 1.29 is 18.0 Å². The molecule has 3 aromatic carbocycles. The normalized spacial score (nSPS) is 14.7. The molecule has 0 aromatic heterocycles. The van der Waals surface area contributed by atoms with E-state index in [4.69, 9.17) is 23.2 Å². The van der Waals surface area contributed by atoms with Crippen LogP contribution in [0.5, 0.6) is 0 Å². The van der Waals surface area contributed by atoms with Gasteiger partial charge in [0.2, 0.25) is 11.8 Å². The summed E-state index contributed by atoms with van der Waals surface area (Å²) in [7, 11) is -4.23. The molecule has 41 heavy (non-hydrogen) atoms. The van der Waals surface area contributed by atoms with Crippen LogP contribution in [0.1, 0.15) is 44.6 Å². The quantitative estimate of drug-likeness (QED) is 0.255. The SMILES string of the molecule is C[C@H](C(=O)NC1CCCCC1)N(Cc1ccc(Br)cc1)C(=O)CN(c1cccc(Cl)c1Cl)S(=O)(=O)c1ccccc1. The van der Waals surface area contributed by atoms with E-state index >= 15 is 0 Å². The first-order valence-electron chi connectivity index (χ1n) is 13.4. The lowest BCUT2D eigenvalue weighted by atomic mass is 9.95. The lowest BCUT2D eigenvalue weighted by Crippen LogP contribution is -2.53. The summed E-state index contributed by atoms with van der Waals surface area (Å²) in [6.45, 7) is 1.18. The molecular formula is C30H32BrCl2N3O4S. The highest BCUT2D eigenvalue weighted by Crippen LogP contribution is 2.35. The topological polar surface area (TPSA) is 86.8 Å². The van der Waals surface area contributed by atoms with Gasteiger partial charge in [0.1, 0.15) is 12.6 Å². The molecule has 7 nitrogen and oxygen atoms in total. The summed E-state index contributed by atoms with van der Waals surface area (Å²) in [5, 5.41) is 3.25. The van der Waals surface area contributed by atoms with Crippen molar-refractivity contribution in [3.63, 3.8) is 0 Å². The second-order valence-corrected chi connectivity index (χ2v) is 13.6. The molecule has 0 unspecified atom stereocenters. The molecule has 0 saturated heterocycles. The first-order valence-corrected chi connectivity index (χ1v) is 16.4. The molecule has 1 atom stereocenters. The highest BCUT2D eigenvalue weighted by molar-refractivity contribution is 9.10. The van der Waals surface area contributed by atoms with Crippen LogP contribution in [0, 0.1) is 0 Å². The highest BCUT2D eigenvalue weighted by Gasteiger charge is 2.34. The summed E-state index contributed by atoms with van der Waals surface area (Å²) < 4.78 is 29.6. The minimum absolute atomic E-state index is 0.00372. The number of sulfonamides is 1. The van der Waals surface area contributed by atoms with Crippen LogP contribution in [0.4, 0.5) is 5.69 Å². The Morgan fingerprint density at radius 1 is 0.951 bits per heavy atom. The molecule has 1 aliphatic carbocycles. The molecule has 0 radical (unpaired) electrons. The predicted octanol–water partition coefficient (Wildman–Crippen LogP) is 6.82. The number of hydrogen-bond acceptors (Lipinski definition) is 4. The molecule has 3 aromatic rings. The lowest BCUT2D eigenvalue weighted by molar-refractivity contribution is -0.139. The van der Waals surface area contributed by atoms with Gasteiger partial charge in [-0.15, -0.1) is 0 Å². The number of rotatable bonds is 10. The van der Waals surface area contributed by atoms with Gasteiger partial charge in [-0.25, -0.2) is 8.42 Å². The van der Waals surface area contributed by atoms with Gasteiger partial charge in [0.25, 0.3) is 10.0 Å². The monoisotopic (exact) mass is 679 g/mol. The number of amides is 2. The number of halogens is 3. The van der Waals surface area contributed by atoms with Gasteiger partial charge in [0.15, 0.2) is 0 Å². The van der Waals surface area contributed by atoms with E-state index in [0.29, 0.717) is 0 Å². The average Bonchev–Trinajstić information content (AvgIpc) is 2.97. The summed E-state index contributed by atoms with van der Waals surface area (Å²) >= 11 is 16.2. The van der Waals surface area contributed by atoms with Crippen LogP contribution < -0.4 is 9.62 Å². The standard InChI is InChI=1S/C30H32BrCl2N3O4S/c1-21(30(38)34-24-9-4-2-5-10-24)35(19-22-15-17-23(31)18-16-22)28(37)20-36(27-14-8-13-26(32)29(27)33)41(39,40)25-11-6-3-7-12-25/h3,6-8,11-18,21,24H,2,4-5,9-10,19-20H2,1H3,(H,34,38)/t21-/m1/s1. The zero-order valence-corrected chi connectivity index (χ0v) is 26.5. The molecule has 1 saturated carbocycles. The molecule has 11 heteroatoms. The molecule has 2 amide bonds. The first-order chi connectivity index (χ1) is 19.6. The van der Waals surface area contributed by atoms with Crippen LogP contribution in [-0.4, -0.2) is 43.8 Å². The van der Waals surface area contributed by atoms with E-state index in [0.717, 1.165) is 46.4 Å². The molecule has 218 valence electrons. The third kappa shape index (κ3) is 7.83. The number of benzene rings is 3. The molecular weight excluding hydrogens is 649 g/mol. The number of hydrogen-bond donors (Lipinski definition) is 1. The summed E-state index contributed by atoms with van der Waals surface area (Å²) in [5.41, 5.74) is 0.858. The first kappa shape index (κ1) is 31.3. The summed E-state index contributed by atoms with van der Waals surface area (Å²) in [6, 6.07) is 19.0. The van der Waals surface area contributed by atoms with Gasteiger partial charge >= 0.3 is 0 Å². The maximum atomic E-state index is 14.1. The Hall–Kier alpha value is -2.59. The van der Waals surface area contributed by atoms with Gasteiger partial charge in [-0.2, -0.15) is 0 Å². The Morgan fingerprint density at radius 2 is 1.61 bits per heavy atom. The van der Waals surface area contributed by atoms with E-state index < -0.39 is 28.5 Å². The molecule has 1 fully saturated rings. The minimum atomic E-state index is -4.23. The van der Waals surface area contributed by atoms with Gasteiger partial charge in [-0.1, -0.05) is 94.8 Å². The second-order valence-electron chi connectivity index (χ2n) is 10.1. The number of carbonyl (C=O) groups excluding carboxylic acids is 2. The van der Waals surface area contributed by atoms with E-state index in [1.807, 2.05) is 24.3 Å². The Bertz CT molecular complexity index is 1470. The molecule has 0 bridgehead atoms. The fourth-order valence-corrected chi connectivity index (χ4v) is 7.01. The van der Waals surface area contributed by atoms with Crippen LogP contribution >= 0.6 is 39.1 Å². The zero-order valence-electron chi connectivity index (χ0n) is 22.6. The van der Waals surface area contributed by atoms with Crippen LogP contribution in [0.15, 0.2) is 82.2 Å².